The van der Waals surface area contributed by atoms with E-state index in [1.54, 1.807) is 24.3 Å². The summed E-state index contributed by atoms with van der Waals surface area (Å²) in [6, 6.07) is 13.3. The number of benzene rings is 2. The van der Waals surface area contributed by atoms with Crippen molar-refractivity contribution in [3.8, 4) is 0 Å². The number of carbonyl (C=O) groups excluding carboxylic acids is 1. The molecule has 0 amide bonds. The quantitative estimate of drug-likeness (QED) is 0.835. The average molecular weight is 379 g/mol. The molecule has 0 spiro atoms. The predicted molar refractivity (Wildman–Crippen MR) is 68.0 cm³/mol. The van der Waals surface area contributed by atoms with Gasteiger partial charge in [0.15, 0.2) is 5.78 Å². The van der Waals surface area contributed by atoms with Gasteiger partial charge in [-0.3, -0.25) is 4.79 Å². The van der Waals surface area contributed by atoms with E-state index in [9.17, 15) is 9.59 Å². The zero-order valence-electron chi connectivity index (χ0n) is 10.5. The molecule has 93 valence electrons. The number of aryl methyl sites for hydroxylation is 1. The normalized spacial score (nSPS) is 9.53. The van der Waals surface area contributed by atoms with Crippen LogP contribution < -0.4 is 0 Å². The van der Waals surface area contributed by atoms with E-state index in [1.165, 1.54) is 12.1 Å². The molecular formula is C15H12LaO3. The van der Waals surface area contributed by atoms with E-state index in [1.807, 2.05) is 19.1 Å². The Hall–Kier alpha value is -1.23. The summed E-state index contributed by atoms with van der Waals surface area (Å²) < 4.78 is 0. The summed E-state index contributed by atoms with van der Waals surface area (Å²) in [5.41, 5.74) is 1.80. The van der Waals surface area contributed by atoms with Gasteiger partial charge in [0.2, 0.25) is 0 Å². The molecule has 0 atom stereocenters. The molecule has 1 N–H and O–H groups in total. The third-order valence-corrected chi connectivity index (χ3v) is 2.72. The van der Waals surface area contributed by atoms with Crippen LogP contribution in [0.4, 0.5) is 0 Å². The van der Waals surface area contributed by atoms with Gasteiger partial charge in [0.05, 0.1) is 5.56 Å². The Bertz CT molecular complexity index is 603. The molecule has 19 heavy (non-hydrogen) atoms. The van der Waals surface area contributed by atoms with E-state index in [-0.39, 0.29) is 52.5 Å². The summed E-state index contributed by atoms with van der Waals surface area (Å²) in [6.07, 6.45) is 0. The van der Waals surface area contributed by atoms with Crippen molar-refractivity contribution in [2.45, 2.75) is 6.92 Å². The largest absolute Gasteiger partial charge is 0.478 e. The van der Waals surface area contributed by atoms with Crippen LogP contribution >= 0.6 is 0 Å². The number of aromatic carboxylic acids is 1. The molecule has 1 radical (unpaired) electrons. The topological polar surface area (TPSA) is 54.4 Å². The van der Waals surface area contributed by atoms with Gasteiger partial charge in [0, 0.05) is 46.7 Å². The maximum Gasteiger partial charge on any atom is 0.336 e. The number of hydrogen-bond donors (Lipinski definition) is 1. The minimum absolute atomic E-state index is 0. The Morgan fingerprint density at radius 3 is 1.95 bits per heavy atom. The molecule has 0 saturated heterocycles. The number of carboxylic acids is 1. The third kappa shape index (κ3) is 3.63. The van der Waals surface area contributed by atoms with Gasteiger partial charge in [-0.1, -0.05) is 48.0 Å². The molecular weight excluding hydrogens is 367 g/mol. The van der Waals surface area contributed by atoms with Crippen molar-refractivity contribution in [3.63, 3.8) is 0 Å². The van der Waals surface area contributed by atoms with E-state index < -0.39 is 5.97 Å². The molecule has 0 unspecified atom stereocenters. The number of hydrogen-bond acceptors (Lipinski definition) is 2. The molecule has 0 heterocycles. The summed E-state index contributed by atoms with van der Waals surface area (Å²) in [4.78, 5) is 23.3. The second kappa shape index (κ2) is 6.80. The molecule has 2 rings (SSSR count). The Balaban J connectivity index is 0.00000180. The van der Waals surface area contributed by atoms with Gasteiger partial charge in [0.1, 0.15) is 0 Å². The van der Waals surface area contributed by atoms with Crippen LogP contribution in [0.3, 0.4) is 0 Å². The zero-order valence-corrected chi connectivity index (χ0v) is 14.1. The summed E-state index contributed by atoms with van der Waals surface area (Å²) in [5, 5.41) is 9.05. The Labute approximate surface area is 139 Å². The molecule has 0 aliphatic rings. The average Bonchev–Trinajstić information content (AvgIpc) is 2.39. The van der Waals surface area contributed by atoms with E-state index >= 15 is 0 Å². The smallest absolute Gasteiger partial charge is 0.336 e. The van der Waals surface area contributed by atoms with Crippen LogP contribution in [0.15, 0.2) is 48.5 Å². The molecule has 4 heteroatoms. The van der Waals surface area contributed by atoms with Crippen LogP contribution in [0.5, 0.6) is 0 Å². The molecule has 0 bridgehead atoms. The van der Waals surface area contributed by atoms with Crippen molar-refractivity contribution in [1.29, 1.82) is 0 Å². The molecule has 0 fully saturated rings. The number of carboxylic acid groups (broad SMARTS) is 1. The van der Waals surface area contributed by atoms with E-state index in [4.69, 9.17) is 5.11 Å². The minimum Gasteiger partial charge on any atom is -0.478 e. The molecule has 2 aromatic rings. The standard InChI is InChI=1S/C15H12O3.La/c1-10-6-8-11(9-7-10)14(16)12-4-2-3-5-13(12)15(17)18;/h2-9H,1H3,(H,17,18);. The fourth-order valence-corrected chi connectivity index (χ4v) is 1.73. The van der Waals surface area contributed by atoms with E-state index in [0.717, 1.165) is 5.56 Å². The SMILES string of the molecule is Cc1ccc(C(=O)c2ccccc2C(=O)O)cc1.[La]. The second-order valence-corrected chi connectivity index (χ2v) is 4.05. The van der Waals surface area contributed by atoms with Gasteiger partial charge in [-0.15, -0.1) is 0 Å². The zero-order chi connectivity index (χ0) is 13.1. The molecule has 0 aromatic heterocycles. The van der Waals surface area contributed by atoms with Crippen molar-refractivity contribution < 1.29 is 50.3 Å². The van der Waals surface area contributed by atoms with Crippen LogP contribution in [-0.4, -0.2) is 16.9 Å². The van der Waals surface area contributed by atoms with E-state index in [0.29, 0.717) is 5.56 Å². The Morgan fingerprint density at radius 1 is 0.895 bits per heavy atom. The first kappa shape index (κ1) is 15.8. The van der Waals surface area contributed by atoms with Gasteiger partial charge in [-0.05, 0) is 13.0 Å². The predicted octanol–water partition coefficient (Wildman–Crippen LogP) is 2.92. The minimum atomic E-state index is -1.09. The van der Waals surface area contributed by atoms with Crippen molar-refractivity contribution in [1.82, 2.24) is 0 Å². The molecule has 0 aliphatic carbocycles. The first-order valence-corrected chi connectivity index (χ1v) is 5.53. The second-order valence-electron chi connectivity index (χ2n) is 4.05. The first-order valence-electron chi connectivity index (χ1n) is 5.53. The fraction of sp³-hybridized carbons (Fsp3) is 0.0667. The van der Waals surface area contributed by atoms with Crippen LogP contribution in [0.25, 0.3) is 0 Å². The van der Waals surface area contributed by atoms with Crippen LogP contribution in [-0.2, 0) is 0 Å². The fourth-order valence-electron chi connectivity index (χ4n) is 1.73. The summed E-state index contributed by atoms with van der Waals surface area (Å²) in [6.45, 7) is 1.93. The molecule has 2 aromatic carbocycles. The number of ketones is 1. The molecule has 0 saturated carbocycles. The van der Waals surface area contributed by atoms with Crippen molar-refractivity contribution in [2.75, 3.05) is 0 Å². The van der Waals surface area contributed by atoms with Gasteiger partial charge in [-0.25, -0.2) is 4.79 Å². The molecule has 3 nitrogen and oxygen atoms in total. The maximum atomic E-state index is 12.2. The summed E-state index contributed by atoms with van der Waals surface area (Å²) in [7, 11) is 0. The number of rotatable bonds is 3. The Kier molecular flexibility index (Phi) is 5.67. The van der Waals surface area contributed by atoms with Crippen LogP contribution in [0.1, 0.15) is 31.8 Å². The van der Waals surface area contributed by atoms with Gasteiger partial charge in [-0.2, -0.15) is 0 Å². The van der Waals surface area contributed by atoms with E-state index in [2.05, 4.69) is 0 Å². The van der Waals surface area contributed by atoms with Gasteiger partial charge < -0.3 is 5.11 Å². The van der Waals surface area contributed by atoms with Crippen molar-refractivity contribution in [3.05, 3.63) is 70.8 Å². The van der Waals surface area contributed by atoms with Crippen LogP contribution in [0.2, 0.25) is 0 Å². The summed E-state index contributed by atoms with van der Waals surface area (Å²) >= 11 is 0. The van der Waals surface area contributed by atoms with Gasteiger partial charge >= 0.3 is 5.97 Å². The summed E-state index contributed by atoms with van der Waals surface area (Å²) in [5.74, 6) is -1.36. The van der Waals surface area contributed by atoms with Crippen molar-refractivity contribution in [2.24, 2.45) is 0 Å². The van der Waals surface area contributed by atoms with Gasteiger partial charge in [0.25, 0.3) is 0 Å². The first-order chi connectivity index (χ1) is 8.59. The van der Waals surface area contributed by atoms with Crippen molar-refractivity contribution >= 4 is 11.8 Å². The third-order valence-electron chi connectivity index (χ3n) is 2.72. The maximum absolute atomic E-state index is 12.2. The van der Waals surface area contributed by atoms with Crippen LogP contribution in [0, 0.1) is 42.5 Å². The Morgan fingerprint density at radius 2 is 1.42 bits per heavy atom. The molecule has 0 aliphatic heterocycles. The monoisotopic (exact) mass is 379 g/mol. The number of carbonyl (C=O) groups is 2.